The van der Waals surface area contributed by atoms with Gasteiger partial charge in [0.25, 0.3) is 0 Å². The molecule has 5 nitrogen and oxygen atoms in total. The minimum atomic E-state index is -0.286. The SMILES string of the molecule is CCN1CC=C(c2ccc3c(c2)C(Nc2cc(Cl)ccc2F)CCN2C3=C(C)NN2C)CC1. The van der Waals surface area contributed by atoms with Crippen molar-refractivity contribution in [1.29, 1.82) is 0 Å². The molecule has 0 bridgehead atoms. The Morgan fingerprint density at radius 3 is 2.79 bits per heavy atom. The van der Waals surface area contributed by atoms with Gasteiger partial charge in [-0.05, 0) is 67.3 Å². The Kier molecular flexibility index (Phi) is 6.08. The van der Waals surface area contributed by atoms with Crippen molar-refractivity contribution in [2.75, 3.05) is 38.5 Å². The van der Waals surface area contributed by atoms with E-state index < -0.39 is 0 Å². The number of hydrogen-bond donors (Lipinski definition) is 2. The number of nitrogens with zero attached hydrogens (tertiary/aromatic N) is 3. The predicted octanol–water partition coefficient (Wildman–Crippen LogP) is 5.50. The second kappa shape index (κ2) is 9.01. The summed E-state index contributed by atoms with van der Waals surface area (Å²) >= 11 is 6.18. The van der Waals surface area contributed by atoms with E-state index in [-0.39, 0.29) is 11.9 Å². The van der Waals surface area contributed by atoms with Crippen LogP contribution in [0.15, 0.2) is 48.2 Å². The van der Waals surface area contributed by atoms with Crippen molar-refractivity contribution < 1.29 is 4.39 Å². The molecule has 7 heteroatoms. The lowest BCUT2D eigenvalue weighted by molar-refractivity contribution is 0.0446. The van der Waals surface area contributed by atoms with Crippen molar-refractivity contribution in [3.63, 3.8) is 0 Å². The molecule has 1 unspecified atom stereocenters. The molecule has 3 aliphatic heterocycles. The van der Waals surface area contributed by atoms with Gasteiger partial charge in [0.15, 0.2) is 0 Å². The van der Waals surface area contributed by atoms with Crippen LogP contribution in [-0.4, -0.2) is 48.3 Å². The predicted molar refractivity (Wildman–Crippen MR) is 134 cm³/mol. The van der Waals surface area contributed by atoms with Crippen molar-refractivity contribution in [2.24, 2.45) is 0 Å². The highest BCUT2D eigenvalue weighted by Crippen LogP contribution is 2.41. The van der Waals surface area contributed by atoms with Crippen molar-refractivity contribution >= 4 is 28.6 Å². The summed E-state index contributed by atoms with van der Waals surface area (Å²) in [5, 5.41) is 8.30. The van der Waals surface area contributed by atoms with Crippen LogP contribution < -0.4 is 10.7 Å². The van der Waals surface area contributed by atoms with Gasteiger partial charge in [-0.1, -0.05) is 36.7 Å². The maximum absolute atomic E-state index is 14.6. The molecular formula is C26H31ClFN5. The van der Waals surface area contributed by atoms with E-state index in [0.717, 1.165) is 44.7 Å². The highest BCUT2D eigenvalue weighted by Gasteiger charge is 2.33. The lowest BCUT2D eigenvalue weighted by Gasteiger charge is -2.27. The first kappa shape index (κ1) is 22.3. The van der Waals surface area contributed by atoms with E-state index in [2.05, 4.69) is 58.8 Å². The smallest absolute Gasteiger partial charge is 0.146 e. The average Bonchev–Trinajstić information content (AvgIpc) is 3.00. The highest BCUT2D eigenvalue weighted by atomic mass is 35.5. The van der Waals surface area contributed by atoms with Crippen LogP contribution in [0, 0.1) is 5.82 Å². The van der Waals surface area contributed by atoms with Crippen molar-refractivity contribution in [3.05, 3.63) is 75.7 Å². The monoisotopic (exact) mass is 467 g/mol. The zero-order chi connectivity index (χ0) is 23.1. The van der Waals surface area contributed by atoms with Crippen molar-refractivity contribution in [2.45, 2.75) is 32.7 Å². The Bertz CT molecular complexity index is 1130. The number of likely N-dealkylation sites (N-methyl/N-ethyl adjacent to an activating group) is 1. The van der Waals surface area contributed by atoms with Crippen LogP contribution in [0.4, 0.5) is 10.1 Å². The Morgan fingerprint density at radius 1 is 1.18 bits per heavy atom. The first-order valence-corrected chi connectivity index (χ1v) is 12.1. The number of hydrogen-bond acceptors (Lipinski definition) is 5. The van der Waals surface area contributed by atoms with Gasteiger partial charge in [0.05, 0.1) is 23.1 Å². The summed E-state index contributed by atoms with van der Waals surface area (Å²) in [7, 11) is 2.03. The molecule has 2 N–H and O–H groups in total. The number of allylic oxidation sites excluding steroid dienone is 1. The number of nitrogens with one attached hydrogen (secondary N) is 2. The third-order valence-corrected chi connectivity index (χ3v) is 7.22. The van der Waals surface area contributed by atoms with E-state index >= 15 is 0 Å². The Morgan fingerprint density at radius 2 is 2.03 bits per heavy atom. The fourth-order valence-corrected chi connectivity index (χ4v) is 5.35. The number of benzene rings is 2. The normalized spacial score (nSPS) is 21.3. The minimum Gasteiger partial charge on any atom is -0.376 e. The van der Waals surface area contributed by atoms with Gasteiger partial charge in [0, 0.05) is 37.3 Å². The van der Waals surface area contributed by atoms with Gasteiger partial charge < -0.3 is 10.7 Å². The Balaban J connectivity index is 1.58. The topological polar surface area (TPSA) is 33.8 Å². The summed E-state index contributed by atoms with van der Waals surface area (Å²) in [5.41, 5.74) is 11.2. The summed E-state index contributed by atoms with van der Waals surface area (Å²) in [6.45, 7) is 8.29. The number of halogens is 2. The van der Waals surface area contributed by atoms with Gasteiger partial charge in [0.2, 0.25) is 0 Å². The highest BCUT2D eigenvalue weighted by molar-refractivity contribution is 6.30. The maximum Gasteiger partial charge on any atom is 0.146 e. The number of anilines is 1. The van der Waals surface area contributed by atoms with E-state index in [0.29, 0.717) is 10.7 Å². The zero-order valence-electron chi connectivity index (χ0n) is 19.5. The van der Waals surface area contributed by atoms with E-state index in [4.69, 9.17) is 11.6 Å². The maximum atomic E-state index is 14.6. The van der Waals surface area contributed by atoms with E-state index in [1.165, 1.54) is 34.0 Å². The summed E-state index contributed by atoms with van der Waals surface area (Å²) < 4.78 is 14.6. The summed E-state index contributed by atoms with van der Waals surface area (Å²) in [6, 6.07) is 11.4. The summed E-state index contributed by atoms with van der Waals surface area (Å²) in [5.74, 6) is -0.286. The van der Waals surface area contributed by atoms with E-state index in [9.17, 15) is 4.39 Å². The average molecular weight is 468 g/mol. The van der Waals surface area contributed by atoms with E-state index in [1.807, 2.05) is 12.2 Å². The summed E-state index contributed by atoms with van der Waals surface area (Å²) in [4.78, 5) is 2.45. The molecule has 33 heavy (non-hydrogen) atoms. The Hall–Kier alpha value is -2.54. The fourth-order valence-electron chi connectivity index (χ4n) is 5.18. The molecule has 0 fully saturated rings. The molecule has 3 aliphatic rings. The minimum absolute atomic E-state index is 0.0384. The van der Waals surface area contributed by atoms with Gasteiger partial charge in [-0.25, -0.2) is 4.39 Å². The summed E-state index contributed by atoms with van der Waals surface area (Å²) in [6.07, 6.45) is 4.23. The number of hydrazine groups is 2. The lowest BCUT2D eigenvalue weighted by atomic mass is 9.90. The quantitative estimate of drug-likeness (QED) is 0.620. The molecule has 0 saturated heterocycles. The molecule has 0 spiro atoms. The molecule has 0 radical (unpaired) electrons. The van der Waals surface area contributed by atoms with Gasteiger partial charge in [0.1, 0.15) is 5.82 Å². The molecule has 3 heterocycles. The lowest BCUT2D eigenvalue weighted by Crippen LogP contribution is -2.40. The molecule has 0 amide bonds. The van der Waals surface area contributed by atoms with Crippen molar-refractivity contribution in [1.82, 2.24) is 20.5 Å². The fraction of sp³-hybridized carbons (Fsp3) is 0.385. The molecule has 2 aromatic carbocycles. The van der Waals surface area contributed by atoms with Crippen molar-refractivity contribution in [3.8, 4) is 0 Å². The largest absolute Gasteiger partial charge is 0.376 e. The van der Waals surface area contributed by atoms with E-state index in [1.54, 1.807) is 12.1 Å². The molecule has 0 saturated carbocycles. The van der Waals surface area contributed by atoms with Gasteiger partial charge in [-0.15, -0.1) is 5.12 Å². The first-order chi connectivity index (χ1) is 15.9. The van der Waals surface area contributed by atoms with Gasteiger partial charge >= 0.3 is 0 Å². The molecule has 0 aliphatic carbocycles. The molecule has 174 valence electrons. The molecule has 0 aromatic heterocycles. The van der Waals surface area contributed by atoms with Crippen LogP contribution in [0.3, 0.4) is 0 Å². The standard InChI is InChI=1S/C26H31ClFN5/c1-4-32-12-9-18(10-13-32)19-5-7-21-22(15-19)24(29-25-16-20(27)6-8-23(25)28)11-14-33-26(21)17(2)30-31(33)3/h5-9,15-16,24,29-30H,4,10-14H2,1-3H3. The van der Waals surface area contributed by atoms with Crippen LogP contribution in [0.1, 0.15) is 49.4 Å². The number of fused-ring (bicyclic) bond motifs is 3. The van der Waals surface area contributed by atoms with Crippen LogP contribution in [0.5, 0.6) is 0 Å². The van der Waals surface area contributed by atoms with Gasteiger partial charge in [-0.2, -0.15) is 0 Å². The molecule has 1 atom stereocenters. The second-order valence-corrected chi connectivity index (χ2v) is 9.45. The van der Waals surface area contributed by atoms with Crippen LogP contribution in [0.2, 0.25) is 5.02 Å². The van der Waals surface area contributed by atoms with Gasteiger partial charge in [-0.3, -0.25) is 9.91 Å². The molecule has 5 rings (SSSR count). The number of rotatable bonds is 4. The molecular weight excluding hydrogens is 437 g/mol. The third kappa shape index (κ3) is 4.23. The van der Waals surface area contributed by atoms with Crippen LogP contribution in [-0.2, 0) is 0 Å². The van der Waals surface area contributed by atoms with Crippen LogP contribution in [0.25, 0.3) is 11.3 Å². The van der Waals surface area contributed by atoms with Crippen LogP contribution >= 0.6 is 11.6 Å². The zero-order valence-corrected chi connectivity index (χ0v) is 20.2. The Labute approximate surface area is 200 Å². The second-order valence-electron chi connectivity index (χ2n) is 9.02. The molecule has 2 aromatic rings. The third-order valence-electron chi connectivity index (χ3n) is 6.99. The first-order valence-electron chi connectivity index (χ1n) is 11.7.